The summed E-state index contributed by atoms with van der Waals surface area (Å²) >= 11 is 0. The molecule has 0 radical (unpaired) electrons. The molecule has 7 atom stereocenters. The van der Waals surface area contributed by atoms with Gasteiger partial charge in [0.15, 0.2) is 0 Å². The predicted molar refractivity (Wildman–Crippen MR) is 96.3 cm³/mol. The zero-order chi connectivity index (χ0) is 18.8. The van der Waals surface area contributed by atoms with Gasteiger partial charge in [0.1, 0.15) is 17.8 Å². The molecule has 0 amide bonds. The van der Waals surface area contributed by atoms with E-state index in [0.717, 1.165) is 51.4 Å². The highest BCUT2D eigenvalue weighted by Crippen LogP contribution is 2.72. The number of aliphatic hydroxyl groups is 1. The van der Waals surface area contributed by atoms with Crippen molar-refractivity contribution in [2.24, 2.45) is 28.6 Å². The topological polar surface area (TPSA) is 76.0 Å². The van der Waals surface area contributed by atoms with Crippen LogP contribution in [0.3, 0.4) is 0 Å². The third-order valence-corrected chi connectivity index (χ3v) is 9.00. The maximum atomic E-state index is 11.3. The molecule has 4 rings (SSSR count). The highest BCUT2D eigenvalue weighted by molar-refractivity contribution is 5.66. The molecule has 2 bridgehead atoms. The monoisotopic (exact) mass is 366 g/mol. The molecule has 5 nitrogen and oxygen atoms in total. The maximum absolute atomic E-state index is 11.3. The smallest absolute Gasteiger partial charge is 0.302 e. The summed E-state index contributed by atoms with van der Waals surface area (Å²) in [6.07, 6.45) is 9.23. The first kappa shape index (κ1) is 18.7. The summed E-state index contributed by atoms with van der Waals surface area (Å²) < 4.78 is 5.25. The highest BCUT2D eigenvalue weighted by atomic mass is 17.1. The number of rotatable bonds is 3. The fraction of sp³-hybridized carbons (Fsp3) is 0.952. The SMILES string of the molecule is CC(=O)OC[C@]1(O)C[C@@]23CC[C@H]4[C@@](C)(CCC[C@]4(C)OO)[C@@H]2CC[C@@H]1C3. The Labute approximate surface area is 156 Å². The van der Waals surface area contributed by atoms with E-state index in [1.807, 2.05) is 0 Å². The first-order chi connectivity index (χ1) is 12.2. The molecule has 4 aliphatic carbocycles. The van der Waals surface area contributed by atoms with Crippen LogP contribution in [0.4, 0.5) is 0 Å². The quantitative estimate of drug-likeness (QED) is 0.449. The van der Waals surface area contributed by atoms with Gasteiger partial charge in [-0.3, -0.25) is 10.1 Å². The Morgan fingerprint density at radius 3 is 2.58 bits per heavy atom. The molecule has 5 heteroatoms. The number of hydrogen-bond donors (Lipinski definition) is 2. The van der Waals surface area contributed by atoms with Crippen LogP contribution in [0.1, 0.15) is 78.6 Å². The lowest BCUT2D eigenvalue weighted by Gasteiger charge is -2.63. The van der Waals surface area contributed by atoms with Crippen molar-refractivity contribution in [1.29, 1.82) is 0 Å². The molecule has 2 N–H and O–H groups in total. The number of esters is 1. The Bertz CT molecular complexity index is 593. The second-order valence-corrected chi connectivity index (χ2v) is 10.3. The lowest BCUT2D eigenvalue weighted by atomic mass is 9.43. The van der Waals surface area contributed by atoms with Crippen molar-refractivity contribution in [3.05, 3.63) is 0 Å². The Morgan fingerprint density at radius 1 is 1.12 bits per heavy atom. The minimum atomic E-state index is -0.866. The van der Waals surface area contributed by atoms with Gasteiger partial charge in [-0.25, -0.2) is 4.89 Å². The van der Waals surface area contributed by atoms with Crippen molar-refractivity contribution >= 4 is 5.97 Å². The Hall–Kier alpha value is -0.650. The van der Waals surface area contributed by atoms with Crippen LogP contribution >= 0.6 is 0 Å². The average Bonchev–Trinajstić information content (AvgIpc) is 2.79. The molecule has 0 aliphatic heterocycles. The van der Waals surface area contributed by atoms with Crippen molar-refractivity contribution in [2.75, 3.05) is 6.61 Å². The van der Waals surface area contributed by atoms with Crippen LogP contribution < -0.4 is 0 Å². The minimum absolute atomic E-state index is 0.138. The third kappa shape index (κ3) is 2.50. The minimum Gasteiger partial charge on any atom is -0.463 e. The van der Waals surface area contributed by atoms with E-state index in [1.54, 1.807) is 0 Å². The highest BCUT2D eigenvalue weighted by Gasteiger charge is 2.68. The summed E-state index contributed by atoms with van der Waals surface area (Å²) in [6.45, 7) is 6.03. The van der Waals surface area contributed by atoms with Crippen LogP contribution in [0.15, 0.2) is 0 Å². The van der Waals surface area contributed by atoms with Gasteiger partial charge in [0.05, 0.1) is 0 Å². The Kier molecular flexibility index (Phi) is 4.26. The van der Waals surface area contributed by atoms with Gasteiger partial charge in [-0.15, -0.1) is 0 Å². The number of carbonyl (C=O) groups excluding carboxylic acids is 1. The Morgan fingerprint density at radius 2 is 1.88 bits per heavy atom. The van der Waals surface area contributed by atoms with Gasteiger partial charge in [-0.05, 0) is 93.3 Å². The fourth-order valence-corrected chi connectivity index (χ4v) is 8.07. The molecule has 4 saturated carbocycles. The van der Waals surface area contributed by atoms with Crippen LogP contribution in [-0.4, -0.2) is 34.1 Å². The van der Waals surface area contributed by atoms with Gasteiger partial charge in [-0.2, -0.15) is 0 Å². The normalized spacial score (nSPS) is 52.9. The molecule has 26 heavy (non-hydrogen) atoms. The summed E-state index contributed by atoms with van der Waals surface area (Å²) in [4.78, 5) is 16.4. The van der Waals surface area contributed by atoms with E-state index in [-0.39, 0.29) is 29.3 Å². The van der Waals surface area contributed by atoms with Crippen LogP contribution in [0.2, 0.25) is 0 Å². The number of ether oxygens (including phenoxy) is 1. The molecule has 4 fully saturated rings. The number of fused-ring (bicyclic) bond motifs is 3. The molecule has 0 aromatic carbocycles. The van der Waals surface area contributed by atoms with E-state index >= 15 is 0 Å². The van der Waals surface area contributed by atoms with E-state index in [9.17, 15) is 15.2 Å². The van der Waals surface area contributed by atoms with Crippen molar-refractivity contribution in [1.82, 2.24) is 0 Å². The van der Waals surface area contributed by atoms with Crippen LogP contribution in [0, 0.1) is 28.6 Å². The number of carbonyl (C=O) groups is 1. The molecular formula is C21H34O5. The lowest BCUT2D eigenvalue weighted by molar-refractivity contribution is -0.359. The molecule has 1 spiro atoms. The second kappa shape index (κ2) is 5.92. The van der Waals surface area contributed by atoms with Gasteiger partial charge in [0.2, 0.25) is 0 Å². The first-order valence-electron chi connectivity index (χ1n) is 10.4. The summed E-state index contributed by atoms with van der Waals surface area (Å²) in [6, 6.07) is 0. The van der Waals surface area contributed by atoms with Gasteiger partial charge in [-0.1, -0.05) is 6.92 Å². The third-order valence-electron chi connectivity index (χ3n) is 9.00. The van der Waals surface area contributed by atoms with Crippen molar-refractivity contribution < 1.29 is 24.8 Å². The second-order valence-electron chi connectivity index (χ2n) is 10.3. The zero-order valence-corrected chi connectivity index (χ0v) is 16.4. The van der Waals surface area contributed by atoms with E-state index in [2.05, 4.69) is 13.8 Å². The van der Waals surface area contributed by atoms with E-state index < -0.39 is 11.2 Å². The number of hydrogen-bond acceptors (Lipinski definition) is 5. The van der Waals surface area contributed by atoms with Gasteiger partial charge in [0, 0.05) is 6.92 Å². The zero-order valence-electron chi connectivity index (χ0n) is 16.4. The molecule has 0 unspecified atom stereocenters. The predicted octanol–water partition coefficient (Wildman–Crippen LogP) is 3.94. The molecular weight excluding hydrogens is 332 g/mol. The lowest BCUT2D eigenvalue weighted by Crippen LogP contribution is -2.59. The Balaban J connectivity index is 1.63. The first-order valence-corrected chi connectivity index (χ1v) is 10.4. The molecule has 0 aromatic rings. The standard InChI is InChI=1S/C21H34O5/c1-14(22)25-13-21(23)12-20-10-7-16-18(2,8-4-9-19(16,3)26-24)17(20)6-5-15(21)11-20/h15-17,23-24H,4-13H2,1-3H3/t15-,16+,17+,18-,19+,20+,21-/m1/s1. The van der Waals surface area contributed by atoms with Crippen LogP contribution in [0.5, 0.6) is 0 Å². The largest absolute Gasteiger partial charge is 0.463 e. The van der Waals surface area contributed by atoms with Crippen molar-refractivity contribution in [3.63, 3.8) is 0 Å². The summed E-state index contributed by atoms with van der Waals surface area (Å²) in [5.74, 6) is 0.837. The van der Waals surface area contributed by atoms with Gasteiger partial charge < -0.3 is 9.84 Å². The molecule has 0 aromatic heterocycles. The van der Waals surface area contributed by atoms with E-state index in [0.29, 0.717) is 11.8 Å². The van der Waals surface area contributed by atoms with Gasteiger partial charge >= 0.3 is 5.97 Å². The molecule has 0 heterocycles. The van der Waals surface area contributed by atoms with Crippen LogP contribution in [-0.2, 0) is 14.4 Å². The summed E-state index contributed by atoms with van der Waals surface area (Å²) in [5, 5.41) is 21.0. The van der Waals surface area contributed by atoms with Crippen molar-refractivity contribution in [3.8, 4) is 0 Å². The summed E-state index contributed by atoms with van der Waals surface area (Å²) in [5.41, 5.74) is -1.02. The molecule has 0 saturated heterocycles. The van der Waals surface area contributed by atoms with E-state index in [1.165, 1.54) is 13.3 Å². The van der Waals surface area contributed by atoms with Crippen LogP contribution in [0.25, 0.3) is 0 Å². The molecule has 148 valence electrons. The van der Waals surface area contributed by atoms with Crippen molar-refractivity contribution in [2.45, 2.75) is 89.8 Å². The molecule has 4 aliphatic rings. The van der Waals surface area contributed by atoms with Gasteiger partial charge in [0.25, 0.3) is 0 Å². The summed E-state index contributed by atoms with van der Waals surface area (Å²) in [7, 11) is 0. The maximum Gasteiger partial charge on any atom is 0.302 e. The fourth-order valence-electron chi connectivity index (χ4n) is 8.07. The average molecular weight is 366 g/mol. The van der Waals surface area contributed by atoms with E-state index in [4.69, 9.17) is 9.62 Å².